The van der Waals surface area contributed by atoms with E-state index in [0.717, 1.165) is 6.42 Å². The lowest BCUT2D eigenvalue weighted by molar-refractivity contribution is 0.231. The summed E-state index contributed by atoms with van der Waals surface area (Å²) >= 11 is 0. The van der Waals surface area contributed by atoms with Crippen molar-refractivity contribution < 1.29 is 5.11 Å². The first kappa shape index (κ1) is 20.7. The van der Waals surface area contributed by atoms with Gasteiger partial charge >= 0.3 is 0 Å². The van der Waals surface area contributed by atoms with E-state index in [1.807, 2.05) is 6.08 Å². The van der Waals surface area contributed by atoms with Crippen LogP contribution in [-0.4, -0.2) is 17.8 Å². The Hall–Kier alpha value is -0.340. The number of aliphatic hydroxyl groups excluding tert-OH is 1. The lowest BCUT2D eigenvalue weighted by atomic mass is 10.0. The summed E-state index contributed by atoms with van der Waals surface area (Å²) in [7, 11) is 0. The number of allylic oxidation sites excluding steroid dienone is 1. The van der Waals surface area contributed by atoms with Gasteiger partial charge < -0.3 is 10.8 Å². The quantitative estimate of drug-likeness (QED) is 0.298. The summed E-state index contributed by atoms with van der Waals surface area (Å²) in [5.74, 6) is 0. The van der Waals surface area contributed by atoms with E-state index in [4.69, 9.17) is 5.73 Å². The van der Waals surface area contributed by atoms with Gasteiger partial charge in [-0.2, -0.15) is 0 Å². The minimum absolute atomic E-state index is 0.328. The third-order valence-electron chi connectivity index (χ3n) is 4.07. The minimum atomic E-state index is -0.452. The van der Waals surface area contributed by atoms with Gasteiger partial charge in [0.25, 0.3) is 0 Å². The molecular formula is C19H39NO. The van der Waals surface area contributed by atoms with Gasteiger partial charge in [0, 0.05) is 6.54 Å². The zero-order valence-corrected chi connectivity index (χ0v) is 14.4. The van der Waals surface area contributed by atoms with Gasteiger partial charge in [-0.05, 0) is 12.8 Å². The maximum Gasteiger partial charge on any atom is 0.0843 e. The minimum Gasteiger partial charge on any atom is -0.388 e. The van der Waals surface area contributed by atoms with Gasteiger partial charge in [0.05, 0.1) is 6.10 Å². The molecule has 3 N–H and O–H groups in total. The fourth-order valence-electron chi connectivity index (χ4n) is 2.61. The van der Waals surface area contributed by atoms with Crippen LogP contribution in [0.4, 0.5) is 0 Å². The van der Waals surface area contributed by atoms with Gasteiger partial charge in [-0.25, -0.2) is 0 Å². The van der Waals surface area contributed by atoms with Gasteiger partial charge in [-0.3, -0.25) is 0 Å². The summed E-state index contributed by atoms with van der Waals surface area (Å²) in [6, 6.07) is 0. The molecule has 2 heteroatoms. The van der Waals surface area contributed by atoms with E-state index in [-0.39, 0.29) is 0 Å². The highest BCUT2D eigenvalue weighted by molar-refractivity contribution is 4.88. The molecule has 0 amide bonds. The standard InChI is InChI=1S/C19H39NO/c1-2-3-4-5-6-7-8-9-10-11-12-13-14-15-16-17-19(21)18-20/h16-17,19,21H,2-15,18,20H2,1H3. The average molecular weight is 298 g/mol. The van der Waals surface area contributed by atoms with Gasteiger partial charge in [-0.1, -0.05) is 96.1 Å². The van der Waals surface area contributed by atoms with E-state index in [0.29, 0.717) is 6.54 Å². The van der Waals surface area contributed by atoms with Crippen molar-refractivity contribution in [1.29, 1.82) is 0 Å². The Kier molecular flexibility index (Phi) is 17.4. The number of rotatable bonds is 16. The van der Waals surface area contributed by atoms with Crippen molar-refractivity contribution in [3.8, 4) is 0 Å². The normalized spacial score (nSPS) is 13.1. The zero-order chi connectivity index (χ0) is 15.6. The molecule has 0 aromatic heterocycles. The number of aliphatic hydroxyl groups is 1. The van der Waals surface area contributed by atoms with Crippen LogP contribution in [0.2, 0.25) is 0 Å². The molecule has 126 valence electrons. The summed E-state index contributed by atoms with van der Waals surface area (Å²) in [6.07, 6.45) is 22.6. The monoisotopic (exact) mass is 297 g/mol. The second kappa shape index (κ2) is 17.7. The van der Waals surface area contributed by atoms with Crippen molar-refractivity contribution in [2.45, 2.75) is 103 Å². The summed E-state index contributed by atoms with van der Waals surface area (Å²) in [4.78, 5) is 0. The molecular weight excluding hydrogens is 258 g/mol. The number of hydrogen-bond donors (Lipinski definition) is 2. The van der Waals surface area contributed by atoms with E-state index in [1.165, 1.54) is 83.5 Å². The van der Waals surface area contributed by atoms with E-state index in [2.05, 4.69) is 13.0 Å². The molecule has 21 heavy (non-hydrogen) atoms. The zero-order valence-electron chi connectivity index (χ0n) is 14.4. The van der Waals surface area contributed by atoms with Crippen LogP contribution in [0.25, 0.3) is 0 Å². The Labute approximate surface area is 133 Å². The molecule has 0 spiro atoms. The number of unbranched alkanes of at least 4 members (excludes halogenated alkanes) is 13. The maximum absolute atomic E-state index is 9.25. The van der Waals surface area contributed by atoms with Crippen LogP contribution in [0.15, 0.2) is 12.2 Å². The van der Waals surface area contributed by atoms with Crippen molar-refractivity contribution in [2.75, 3.05) is 6.54 Å². The van der Waals surface area contributed by atoms with E-state index in [1.54, 1.807) is 0 Å². The van der Waals surface area contributed by atoms with Gasteiger partial charge in [0.1, 0.15) is 0 Å². The first-order valence-electron chi connectivity index (χ1n) is 9.36. The lowest BCUT2D eigenvalue weighted by Crippen LogP contribution is -2.16. The largest absolute Gasteiger partial charge is 0.388 e. The molecule has 0 aliphatic rings. The first-order chi connectivity index (χ1) is 10.3. The van der Waals surface area contributed by atoms with Crippen molar-refractivity contribution in [2.24, 2.45) is 5.73 Å². The van der Waals surface area contributed by atoms with E-state index >= 15 is 0 Å². The molecule has 0 heterocycles. The Morgan fingerprint density at radius 1 is 0.762 bits per heavy atom. The molecule has 0 saturated carbocycles. The maximum atomic E-state index is 9.25. The molecule has 2 nitrogen and oxygen atoms in total. The fourth-order valence-corrected chi connectivity index (χ4v) is 2.61. The van der Waals surface area contributed by atoms with Crippen LogP contribution < -0.4 is 5.73 Å². The van der Waals surface area contributed by atoms with Crippen LogP contribution in [-0.2, 0) is 0 Å². The van der Waals surface area contributed by atoms with Crippen LogP contribution in [0.5, 0.6) is 0 Å². The highest BCUT2D eigenvalue weighted by Crippen LogP contribution is 2.12. The molecule has 0 saturated heterocycles. The Morgan fingerprint density at radius 3 is 1.62 bits per heavy atom. The second-order valence-corrected chi connectivity index (χ2v) is 6.26. The SMILES string of the molecule is CCCCCCCCCCCCCCCC=CC(O)CN. The van der Waals surface area contributed by atoms with Crippen LogP contribution in [0.3, 0.4) is 0 Å². The van der Waals surface area contributed by atoms with E-state index < -0.39 is 6.10 Å². The Morgan fingerprint density at radius 2 is 1.19 bits per heavy atom. The second-order valence-electron chi connectivity index (χ2n) is 6.26. The van der Waals surface area contributed by atoms with Gasteiger partial charge in [0.2, 0.25) is 0 Å². The topological polar surface area (TPSA) is 46.2 Å². The smallest absolute Gasteiger partial charge is 0.0843 e. The Bertz CT molecular complexity index is 216. The highest BCUT2D eigenvalue weighted by Gasteiger charge is 1.94. The fraction of sp³-hybridized carbons (Fsp3) is 0.895. The average Bonchev–Trinajstić information content (AvgIpc) is 2.50. The third kappa shape index (κ3) is 17.6. The van der Waals surface area contributed by atoms with Crippen molar-refractivity contribution >= 4 is 0 Å². The molecule has 1 atom stereocenters. The summed E-state index contributed by atoms with van der Waals surface area (Å²) in [5.41, 5.74) is 5.33. The van der Waals surface area contributed by atoms with E-state index in [9.17, 15) is 5.11 Å². The Balaban J connectivity index is 3.04. The molecule has 0 aliphatic carbocycles. The van der Waals surface area contributed by atoms with Crippen LogP contribution >= 0.6 is 0 Å². The summed E-state index contributed by atoms with van der Waals surface area (Å²) < 4.78 is 0. The predicted octanol–water partition coefficient (Wildman–Crippen LogP) is 5.34. The van der Waals surface area contributed by atoms with Gasteiger partial charge in [0.15, 0.2) is 0 Å². The highest BCUT2D eigenvalue weighted by atomic mass is 16.3. The number of hydrogen-bond acceptors (Lipinski definition) is 2. The molecule has 0 rings (SSSR count). The molecule has 1 unspecified atom stereocenters. The predicted molar refractivity (Wildman–Crippen MR) is 94.5 cm³/mol. The molecule has 0 fully saturated rings. The molecule has 0 aromatic carbocycles. The first-order valence-corrected chi connectivity index (χ1v) is 9.36. The molecule has 0 bridgehead atoms. The van der Waals surface area contributed by atoms with Crippen LogP contribution in [0.1, 0.15) is 96.8 Å². The molecule has 0 aliphatic heterocycles. The summed E-state index contributed by atoms with van der Waals surface area (Å²) in [6.45, 7) is 2.61. The molecule has 0 aromatic rings. The van der Waals surface area contributed by atoms with Crippen LogP contribution in [0, 0.1) is 0 Å². The van der Waals surface area contributed by atoms with Crippen molar-refractivity contribution in [3.05, 3.63) is 12.2 Å². The number of nitrogens with two attached hydrogens (primary N) is 1. The van der Waals surface area contributed by atoms with Crippen molar-refractivity contribution in [1.82, 2.24) is 0 Å². The van der Waals surface area contributed by atoms with Gasteiger partial charge in [-0.15, -0.1) is 0 Å². The molecule has 0 radical (unpaired) electrons. The summed E-state index contributed by atoms with van der Waals surface area (Å²) in [5, 5.41) is 9.25. The lowest BCUT2D eigenvalue weighted by Gasteiger charge is -2.02. The van der Waals surface area contributed by atoms with Crippen molar-refractivity contribution in [3.63, 3.8) is 0 Å². The third-order valence-corrected chi connectivity index (χ3v) is 4.07.